The van der Waals surface area contributed by atoms with E-state index < -0.39 is 67.3 Å². The lowest BCUT2D eigenvalue weighted by Gasteiger charge is -2.40. The van der Waals surface area contributed by atoms with E-state index in [4.69, 9.17) is 23.7 Å². The molecule has 75 heavy (non-hydrogen) atoms. The van der Waals surface area contributed by atoms with E-state index in [0.717, 1.165) is 70.6 Å². The van der Waals surface area contributed by atoms with Crippen LogP contribution >= 0.6 is 0 Å². The molecule has 12 heteroatoms. The summed E-state index contributed by atoms with van der Waals surface area (Å²) in [5, 5.41) is 31.4. The normalized spacial score (nSPS) is 19.0. The first-order chi connectivity index (χ1) is 36.6. The zero-order valence-electron chi connectivity index (χ0n) is 46.5. The van der Waals surface area contributed by atoms with E-state index in [1.165, 1.54) is 70.6 Å². The second-order valence-electron chi connectivity index (χ2n) is 19.2. The summed E-state index contributed by atoms with van der Waals surface area (Å²) in [5.74, 6) is -3.31. The molecule has 0 aliphatic carbocycles. The Balaban J connectivity index is 2.78. The summed E-state index contributed by atoms with van der Waals surface area (Å²) in [7, 11) is 0. The molecule has 0 bridgehead atoms. The summed E-state index contributed by atoms with van der Waals surface area (Å²) >= 11 is 0. The summed E-state index contributed by atoms with van der Waals surface area (Å²) in [6.07, 6.45) is 55.2. The maximum absolute atomic E-state index is 13.1. The van der Waals surface area contributed by atoms with Crippen molar-refractivity contribution >= 4 is 23.9 Å². The van der Waals surface area contributed by atoms with Gasteiger partial charge in [0.2, 0.25) is 0 Å². The predicted octanol–water partition coefficient (Wildman–Crippen LogP) is 14.7. The number of carbonyl (C=O) groups is 4. The Morgan fingerprint density at radius 3 is 1.32 bits per heavy atom. The molecule has 0 saturated carbocycles. The molecule has 6 atom stereocenters. The second kappa shape index (κ2) is 50.2. The average molecular weight is 1050 g/mol. The standard InChI is InChI=1S/C63H100O12/c1-4-7-10-13-16-19-22-25-27-28-30-32-34-37-40-43-46-49-55(64)71-52-54(73-56(65)50-47-44-41-38-36-33-29-26-23-20-17-14-11-8-5-2)53-72-63-61(59(68)58(67)60(75-63)62(69)70)74-57(66)51-48-45-42-39-35-31-24-21-18-15-12-9-6-3/h7,9-10,12,16,18-19,21,25,27,30-32,35,37,40,42,45,54,58-61,63,67-68H,4-6,8,11,13-15,17,20,22-24,26,28-29,33-34,36,38-39,41,43-44,46-53H2,1-3H3,(H,69,70)/b10-7-,12-9-,19-16-,21-18-,27-25-,32-30-,35-31-,40-37-,45-42-. The first kappa shape index (κ1) is 68.4. The molecule has 1 heterocycles. The Morgan fingerprint density at radius 1 is 0.453 bits per heavy atom. The van der Waals surface area contributed by atoms with Crippen molar-refractivity contribution in [3.63, 3.8) is 0 Å². The molecule has 1 aliphatic rings. The van der Waals surface area contributed by atoms with Crippen molar-refractivity contribution in [1.29, 1.82) is 0 Å². The van der Waals surface area contributed by atoms with Crippen molar-refractivity contribution in [3.05, 3.63) is 109 Å². The van der Waals surface area contributed by atoms with Crippen molar-refractivity contribution in [2.45, 2.75) is 250 Å². The lowest BCUT2D eigenvalue weighted by Crippen LogP contribution is -2.61. The predicted molar refractivity (Wildman–Crippen MR) is 303 cm³/mol. The third kappa shape index (κ3) is 40.3. The van der Waals surface area contributed by atoms with Crippen molar-refractivity contribution in [1.82, 2.24) is 0 Å². The number of rotatable bonds is 47. The van der Waals surface area contributed by atoms with Crippen LogP contribution in [0.1, 0.15) is 213 Å². The van der Waals surface area contributed by atoms with Gasteiger partial charge in [0.15, 0.2) is 24.6 Å². The number of ether oxygens (including phenoxy) is 5. The fourth-order valence-electron chi connectivity index (χ4n) is 8.00. The number of esters is 3. The van der Waals surface area contributed by atoms with E-state index in [1.54, 1.807) is 0 Å². The number of hydrogen-bond acceptors (Lipinski definition) is 11. The monoisotopic (exact) mass is 1050 g/mol. The highest BCUT2D eigenvalue weighted by molar-refractivity contribution is 5.74. The zero-order chi connectivity index (χ0) is 54.7. The Labute approximate surface area is 453 Å². The number of carbonyl (C=O) groups excluding carboxylic acids is 3. The molecule has 0 aromatic heterocycles. The van der Waals surface area contributed by atoms with Gasteiger partial charge in [-0.3, -0.25) is 14.4 Å². The molecule has 1 fully saturated rings. The van der Waals surface area contributed by atoms with Crippen LogP contribution < -0.4 is 0 Å². The fraction of sp³-hybridized carbons (Fsp3) is 0.651. The average Bonchev–Trinajstić information content (AvgIpc) is 3.39. The molecule has 0 spiro atoms. The van der Waals surface area contributed by atoms with E-state index in [-0.39, 0.29) is 25.9 Å². The molecule has 0 aromatic carbocycles. The summed E-state index contributed by atoms with van der Waals surface area (Å²) < 4.78 is 28.2. The quantitative estimate of drug-likeness (QED) is 0.0228. The van der Waals surface area contributed by atoms with Gasteiger partial charge in [-0.05, 0) is 83.5 Å². The molecule has 12 nitrogen and oxygen atoms in total. The van der Waals surface area contributed by atoms with Crippen LogP contribution in [0.15, 0.2) is 109 Å². The molecule has 424 valence electrons. The van der Waals surface area contributed by atoms with Gasteiger partial charge in [0, 0.05) is 19.3 Å². The second-order valence-corrected chi connectivity index (χ2v) is 19.2. The minimum Gasteiger partial charge on any atom is -0.479 e. The highest BCUT2D eigenvalue weighted by Crippen LogP contribution is 2.26. The van der Waals surface area contributed by atoms with E-state index >= 15 is 0 Å². The SMILES string of the molecule is CC/C=C\C/C=C\C/C=C\C/C=C\C/C=C\CCCC(=O)OCC(COC1OC(C(=O)O)C(O)C(O)C1OC(=O)CC/C=C\C/C=C\C/C=C\C/C=C\CC)OC(=O)CCCCCCCCCCCCCCCCC. The number of allylic oxidation sites excluding steroid dienone is 18. The zero-order valence-corrected chi connectivity index (χ0v) is 46.5. The van der Waals surface area contributed by atoms with Crippen LogP contribution in [0.25, 0.3) is 0 Å². The van der Waals surface area contributed by atoms with Gasteiger partial charge < -0.3 is 39.0 Å². The van der Waals surface area contributed by atoms with Crippen LogP contribution in [0.5, 0.6) is 0 Å². The first-order valence-corrected chi connectivity index (χ1v) is 28.9. The highest BCUT2D eigenvalue weighted by Gasteiger charge is 2.50. The van der Waals surface area contributed by atoms with E-state index in [2.05, 4.69) is 106 Å². The number of aliphatic hydroxyl groups is 2. The summed E-state index contributed by atoms with van der Waals surface area (Å²) in [5.41, 5.74) is 0. The van der Waals surface area contributed by atoms with Crippen molar-refractivity contribution in [2.75, 3.05) is 13.2 Å². The Bertz CT molecular complexity index is 1720. The lowest BCUT2D eigenvalue weighted by molar-refractivity contribution is -0.301. The summed E-state index contributed by atoms with van der Waals surface area (Å²) in [4.78, 5) is 51.0. The Hall–Kier alpha value is -4.62. The van der Waals surface area contributed by atoms with Gasteiger partial charge >= 0.3 is 23.9 Å². The van der Waals surface area contributed by atoms with Crippen LogP contribution in [-0.4, -0.2) is 89.2 Å². The number of hydrogen-bond donors (Lipinski definition) is 3. The molecule has 1 rings (SSSR count). The van der Waals surface area contributed by atoms with Crippen LogP contribution in [0.3, 0.4) is 0 Å². The third-order valence-electron chi connectivity index (χ3n) is 12.4. The largest absolute Gasteiger partial charge is 0.479 e. The summed E-state index contributed by atoms with van der Waals surface area (Å²) in [6, 6.07) is 0. The molecule has 1 saturated heterocycles. The third-order valence-corrected chi connectivity index (χ3v) is 12.4. The smallest absolute Gasteiger partial charge is 0.335 e. The molecule has 1 aliphatic heterocycles. The number of carboxylic acids is 1. The van der Waals surface area contributed by atoms with Crippen molar-refractivity contribution < 1.29 is 58.2 Å². The summed E-state index contributed by atoms with van der Waals surface area (Å²) in [6.45, 7) is 5.67. The van der Waals surface area contributed by atoms with E-state index in [0.29, 0.717) is 32.1 Å². The maximum atomic E-state index is 13.1. The number of aliphatic carboxylic acids is 1. The fourth-order valence-corrected chi connectivity index (χ4v) is 8.00. The number of carboxylic acid groups (broad SMARTS) is 1. The highest BCUT2D eigenvalue weighted by atomic mass is 16.7. The molecule has 0 amide bonds. The van der Waals surface area contributed by atoms with Gasteiger partial charge in [-0.1, -0.05) is 220 Å². The van der Waals surface area contributed by atoms with Crippen molar-refractivity contribution in [3.8, 4) is 0 Å². The number of unbranched alkanes of at least 4 members (excludes halogenated alkanes) is 15. The minimum absolute atomic E-state index is 0.0702. The maximum Gasteiger partial charge on any atom is 0.335 e. The van der Waals surface area contributed by atoms with Gasteiger partial charge in [-0.25, -0.2) is 4.79 Å². The minimum atomic E-state index is -1.94. The molecule has 3 N–H and O–H groups in total. The van der Waals surface area contributed by atoms with Gasteiger partial charge in [0.25, 0.3) is 0 Å². The topological polar surface area (TPSA) is 175 Å². The Kier molecular flexibility index (Phi) is 45.8. The molecule has 0 aromatic rings. The van der Waals surface area contributed by atoms with Crippen LogP contribution in [0.2, 0.25) is 0 Å². The van der Waals surface area contributed by atoms with E-state index in [1.807, 2.05) is 24.3 Å². The molecular formula is C63H100O12. The van der Waals surface area contributed by atoms with Gasteiger partial charge in [0.1, 0.15) is 18.8 Å². The lowest BCUT2D eigenvalue weighted by atomic mass is 9.98. The van der Waals surface area contributed by atoms with Crippen LogP contribution in [0.4, 0.5) is 0 Å². The van der Waals surface area contributed by atoms with E-state index in [9.17, 15) is 34.5 Å². The number of aliphatic hydroxyl groups excluding tert-OH is 2. The first-order valence-electron chi connectivity index (χ1n) is 28.9. The van der Waals surface area contributed by atoms with Crippen LogP contribution in [0, 0.1) is 0 Å². The molecule has 6 unspecified atom stereocenters. The van der Waals surface area contributed by atoms with Gasteiger partial charge in [-0.2, -0.15) is 0 Å². The van der Waals surface area contributed by atoms with Gasteiger partial charge in [-0.15, -0.1) is 0 Å². The Morgan fingerprint density at radius 2 is 0.867 bits per heavy atom. The van der Waals surface area contributed by atoms with Crippen LogP contribution in [-0.2, 0) is 42.9 Å². The van der Waals surface area contributed by atoms with Gasteiger partial charge in [0.05, 0.1) is 6.61 Å². The molecule has 0 radical (unpaired) electrons. The molecular weight excluding hydrogens is 949 g/mol. The van der Waals surface area contributed by atoms with Crippen molar-refractivity contribution in [2.24, 2.45) is 0 Å².